The predicted octanol–water partition coefficient (Wildman–Crippen LogP) is 1.61. The van der Waals surface area contributed by atoms with Crippen LogP contribution in [-0.4, -0.2) is 22.0 Å². The second-order valence-electron chi connectivity index (χ2n) is 3.23. The fourth-order valence-corrected chi connectivity index (χ4v) is 2.27. The molecule has 2 aromatic rings. The number of carboxylic acids is 1. The molecule has 0 aliphatic heterocycles. The average molecular weight is 248 g/mol. The number of hydrogen-bond acceptors (Lipinski definition) is 4. The molecule has 0 unspecified atom stereocenters. The first kappa shape index (κ1) is 11.3. The molecule has 6 heteroatoms. The number of primary amides is 1. The lowest BCUT2D eigenvalue weighted by Gasteiger charge is -1.97. The summed E-state index contributed by atoms with van der Waals surface area (Å²) in [5.74, 6) is -1.90. The van der Waals surface area contributed by atoms with Gasteiger partial charge in [-0.05, 0) is 5.56 Å². The van der Waals surface area contributed by atoms with Crippen molar-refractivity contribution in [2.75, 3.05) is 0 Å². The summed E-state index contributed by atoms with van der Waals surface area (Å²) in [6.07, 6.45) is 0. The van der Waals surface area contributed by atoms with Crippen molar-refractivity contribution in [1.82, 2.24) is 4.98 Å². The van der Waals surface area contributed by atoms with Gasteiger partial charge >= 0.3 is 5.97 Å². The number of aromatic nitrogens is 1. The molecule has 2 rings (SSSR count). The van der Waals surface area contributed by atoms with E-state index in [1.165, 1.54) is 0 Å². The standard InChI is InChI=1S/C11H8N2O3S/c12-9(14)10-13-7(11(15)16)8(17-10)6-4-2-1-3-5-6/h1-5H,(H2,12,14)(H,15,16). The van der Waals surface area contributed by atoms with E-state index in [2.05, 4.69) is 4.98 Å². The van der Waals surface area contributed by atoms with E-state index in [-0.39, 0.29) is 10.7 Å². The third-order valence-electron chi connectivity index (χ3n) is 2.08. The van der Waals surface area contributed by atoms with Crippen LogP contribution in [0.3, 0.4) is 0 Å². The van der Waals surface area contributed by atoms with Crippen molar-refractivity contribution in [3.63, 3.8) is 0 Å². The summed E-state index contributed by atoms with van der Waals surface area (Å²) in [5.41, 5.74) is 5.65. The van der Waals surface area contributed by atoms with Crippen molar-refractivity contribution < 1.29 is 14.7 Å². The molecule has 0 bridgehead atoms. The zero-order valence-electron chi connectivity index (χ0n) is 8.58. The maximum atomic E-state index is 11.0. The van der Waals surface area contributed by atoms with E-state index in [9.17, 15) is 9.59 Å². The Morgan fingerprint density at radius 1 is 1.24 bits per heavy atom. The monoisotopic (exact) mass is 248 g/mol. The summed E-state index contributed by atoms with van der Waals surface area (Å²) >= 11 is 0.983. The number of nitrogens with zero attached hydrogens (tertiary/aromatic N) is 1. The van der Waals surface area contributed by atoms with Crippen LogP contribution in [0.1, 0.15) is 20.3 Å². The number of carbonyl (C=O) groups excluding carboxylic acids is 1. The van der Waals surface area contributed by atoms with Gasteiger partial charge in [0.05, 0.1) is 4.88 Å². The lowest BCUT2D eigenvalue weighted by atomic mass is 10.1. The summed E-state index contributed by atoms with van der Waals surface area (Å²) in [6, 6.07) is 8.89. The SMILES string of the molecule is NC(=O)c1nc(C(=O)O)c(-c2ccccc2)s1. The van der Waals surface area contributed by atoms with Gasteiger partial charge < -0.3 is 10.8 Å². The summed E-state index contributed by atoms with van der Waals surface area (Å²) in [4.78, 5) is 26.2. The highest BCUT2D eigenvalue weighted by molar-refractivity contribution is 7.17. The van der Waals surface area contributed by atoms with Gasteiger partial charge in [0.1, 0.15) is 0 Å². The first-order valence-corrected chi connectivity index (χ1v) is 5.50. The van der Waals surface area contributed by atoms with Gasteiger partial charge in [0.2, 0.25) is 0 Å². The van der Waals surface area contributed by atoms with Crippen LogP contribution < -0.4 is 5.73 Å². The van der Waals surface area contributed by atoms with E-state index in [0.29, 0.717) is 10.4 Å². The van der Waals surface area contributed by atoms with Gasteiger partial charge in [-0.1, -0.05) is 30.3 Å². The van der Waals surface area contributed by atoms with E-state index >= 15 is 0 Å². The molecule has 1 heterocycles. The zero-order chi connectivity index (χ0) is 12.4. The Hall–Kier alpha value is -2.21. The Bertz CT molecular complexity index is 578. The third-order valence-corrected chi connectivity index (χ3v) is 3.20. The van der Waals surface area contributed by atoms with Crippen LogP contribution in [0.25, 0.3) is 10.4 Å². The van der Waals surface area contributed by atoms with E-state index in [4.69, 9.17) is 10.8 Å². The summed E-state index contributed by atoms with van der Waals surface area (Å²) in [6.45, 7) is 0. The van der Waals surface area contributed by atoms with Crippen LogP contribution in [0, 0.1) is 0 Å². The van der Waals surface area contributed by atoms with Gasteiger partial charge in [0, 0.05) is 0 Å². The molecule has 0 spiro atoms. The fraction of sp³-hybridized carbons (Fsp3) is 0. The molecule has 0 aliphatic carbocycles. The molecular formula is C11H8N2O3S. The Labute approximate surface area is 101 Å². The smallest absolute Gasteiger partial charge is 0.356 e. The average Bonchev–Trinajstić information content (AvgIpc) is 2.75. The molecule has 0 aliphatic rings. The maximum Gasteiger partial charge on any atom is 0.356 e. The van der Waals surface area contributed by atoms with Crippen molar-refractivity contribution in [2.24, 2.45) is 5.73 Å². The number of hydrogen-bond donors (Lipinski definition) is 2. The number of nitrogens with two attached hydrogens (primary N) is 1. The quantitative estimate of drug-likeness (QED) is 0.862. The Kier molecular flexibility index (Phi) is 2.88. The first-order chi connectivity index (χ1) is 8.09. The normalized spacial score (nSPS) is 10.1. The van der Waals surface area contributed by atoms with Crippen LogP contribution >= 0.6 is 11.3 Å². The Morgan fingerprint density at radius 3 is 2.41 bits per heavy atom. The number of benzene rings is 1. The van der Waals surface area contributed by atoms with Gasteiger partial charge in [-0.3, -0.25) is 4.79 Å². The van der Waals surface area contributed by atoms with Crippen molar-refractivity contribution >= 4 is 23.2 Å². The molecule has 3 N–H and O–H groups in total. The molecule has 0 saturated heterocycles. The molecule has 0 fully saturated rings. The van der Waals surface area contributed by atoms with Gasteiger partial charge in [-0.2, -0.15) is 0 Å². The highest BCUT2D eigenvalue weighted by atomic mass is 32.1. The van der Waals surface area contributed by atoms with Crippen LogP contribution in [-0.2, 0) is 0 Å². The van der Waals surface area contributed by atoms with Gasteiger partial charge in [-0.25, -0.2) is 9.78 Å². The lowest BCUT2D eigenvalue weighted by molar-refractivity contribution is 0.0692. The first-order valence-electron chi connectivity index (χ1n) is 4.69. The van der Waals surface area contributed by atoms with E-state index < -0.39 is 11.9 Å². The third kappa shape index (κ3) is 2.16. The Morgan fingerprint density at radius 2 is 1.88 bits per heavy atom. The second kappa shape index (κ2) is 4.34. The molecule has 0 saturated carbocycles. The number of rotatable bonds is 3. The predicted molar refractivity (Wildman–Crippen MR) is 63.0 cm³/mol. The minimum absolute atomic E-state index is 0.00116. The molecular weight excluding hydrogens is 240 g/mol. The highest BCUT2D eigenvalue weighted by Gasteiger charge is 2.20. The summed E-state index contributed by atoms with van der Waals surface area (Å²) < 4.78 is 0. The van der Waals surface area contributed by atoms with Crippen LogP contribution in [0.5, 0.6) is 0 Å². The molecule has 17 heavy (non-hydrogen) atoms. The minimum atomic E-state index is -1.17. The van der Waals surface area contributed by atoms with E-state index in [1.807, 2.05) is 6.07 Å². The van der Waals surface area contributed by atoms with Crippen LogP contribution in [0.2, 0.25) is 0 Å². The number of carbonyl (C=O) groups is 2. The van der Waals surface area contributed by atoms with Crippen molar-refractivity contribution in [1.29, 1.82) is 0 Å². The number of carboxylic acid groups (broad SMARTS) is 1. The van der Waals surface area contributed by atoms with Gasteiger partial charge in [0.15, 0.2) is 10.7 Å². The number of amides is 1. The fourth-order valence-electron chi connectivity index (χ4n) is 1.36. The molecule has 1 aromatic heterocycles. The molecule has 5 nitrogen and oxygen atoms in total. The topological polar surface area (TPSA) is 93.3 Å². The largest absolute Gasteiger partial charge is 0.476 e. The van der Waals surface area contributed by atoms with Crippen molar-refractivity contribution in [3.8, 4) is 10.4 Å². The molecule has 1 aromatic carbocycles. The molecule has 0 radical (unpaired) electrons. The molecule has 0 atom stereocenters. The number of aromatic carboxylic acids is 1. The van der Waals surface area contributed by atoms with E-state index in [0.717, 1.165) is 11.3 Å². The molecule has 86 valence electrons. The van der Waals surface area contributed by atoms with Gasteiger partial charge in [-0.15, -0.1) is 11.3 Å². The summed E-state index contributed by atoms with van der Waals surface area (Å²) in [5, 5.41) is 9.02. The minimum Gasteiger partial charge on any atom is -0.476 e. The zero-order valence-corrected chi connectivity index (χ0v) is 9.40. The van der Waals surface area contributed by atoms with Gasteiger partial charge in [0.25, 0.3) is 5.91 Å². The highest BCUT2D eigenvalue weighted by Crippen LogP contribution is 2.30. The Balaban J connectivity index is 2.60. The maximum absolute atomic E-state index is 11.0. The molecule has 1 amide bonds. The van der Waals surface area contributed by atoms with Crippen molar-refractivity contribution in [2.45, 2.75) is 0 Å². The summed E-state index contributed by atoms with van der Waals surface area (Å²) in [7, 11) is 0. The van der Waals surface area contributed by atoms with Crippen LogP contribution in [0.15, 0.2) is 30.3 Å². The van der Waals surface area contributed by atoms with Crippen molar-refractivity contribution in [3.05, 3.63) is 41.0 Å². The van der Waals surface area contributed by atoms with E-state index in [1.54, 1.807) is 24.3 Å². The van der Waals surface area contributed by atoms with Crippen LogP contribution in [0.4, 0.5) is 0 Å². The number of thiazole rings is 1. The lowest BCUT2D eigenvalue weighted by Crippen LogP contribution is -2.11. The second-order valence-corrected chi connectivity index (χ2v) is 4.23.